The van der Waals surface area contributed by atoms with Crippen LogP contribution < -0.4 is 10.4 Å². The molecule has 0 bridgehead atoms. The second-order valence-electron chi connectivity index (χ2n) is 10.8. The van der Waals surface area contributed by atoms with Crippen molar-refractivity contribution in [1.82, 2.24) is 0 Å². The van der Waals surface area contributed by atoms with E-state index in [1.54, 1.807) is 0 Å². The Morgan fingerprint density at radius 2 is 1.23 bits per heavy atom. The van der Waals surface area contributed by atoms with Gasteiger partial charge in [0.25, 0.3) is 8.32 Å². The van der Waals surface area contributed by atoms with Crippen molar-refractivity contribution in [2.24, 2.45) is 11.8 Å². The van der Waals surface area contributed by atoms with Crippen LogP contribution in [0.2, 0.25) is 5.04 Å². The van der Waals surface area contributed by atoms with E-state index in [9.17, 15) is 9.90 Å². The van der Waals surface area contributed by atoms with Gasteiger partial charge in [0.05, 0.1) is 12.2 Å². The van der Waals surface area contributed by atoms with Crippen molar-refractivity contribution >= 4 is 24.5 Å². The Morgan fingerprint density at radius 1 is 0.800 bits per heavy atom. The van der Waals surface area contributed by atoms with Crippen LogP contribution in [0.4, 0.5) is 0 Å². The lowest BCUT2D eigenvalue weighted by Crippen LogP contribution is -2.69. The molecular weight excluding hydrogens is 448 g/mol. The molecule has 1 N–H and O–H groups in total. The van der Waals surface area contributed by atoms with Crippen molar-refractivity contribution in [3.8, 4) is 0 Å². The molecule has 0 spiro atoms. The summed E-state index contributed by atoms with van der Waals surface area (Å²) in [6.45, 7) is 12.3. The van der Waals surface area contributed by atoms with Gasteiger partial charge in [0.1, 0.15) is 5.78 Å². The van der Waals surface area contributed by atoms with Gasteiger partial charge in [-0.25, -0.2) is 0 Å². The summed E-state index contributed by atoms with van der Waals surface area (Å²) in [6, 6.07) is 31.0. The Kier molecular flexibility index (Phi) is 8.87. The number of benzene rings is 3. The van der Waals surface area contributed by atoms with Crippen molar-refractivity contribution in [2.75, 3.05) is 0 Å². The van der Waals surface area contributed by atoms with Crippen LogP contribution in [0.15, 0.2) is 91.0 Å². The number of Topliss-reactive ketones (excluding diaryl/α,β-unsaturated/α-hetero) is 1. The summed E-state index contributed by atoms with van der Waals surface area (Å²) in [5.74, 6) is -0.617. The molecular formula is C31H40O3Si. The lowest BCUT2D eigenvalue weighted by atomic mass is 9.88. The monoisotopic (exact) mass is 488 g/mol. The number of hydrogen-bond acceptors (Lipinski definition) is 3. The van der Waals surface area contributed by atoms with Crippen LogP contribution in [0.25, 0.3) is 0 Å². The summed E-state index contributed by atoms with van der Waals surface area (Å²) in [5.41, 5.74) is 1.08. The zero-order valence-electron chi connectivity index (χ0n) is 21.9. The molecule has 1 unspecified atom stereocenters. The quantitative estimate of drug-likeness (QED) is 0.389. The predicted molar refractivity (Wildman–Crippen MR) is 148 cm³/mol. The Bertz CT molecular complexity index is 1020. The summed E-state index contributed by atoms with van der Waals surface area (Å²) >= 11 is 0. The van der Waals surface area contributed by atoms with Crippen LogP contribution in [0.3, 0.4) is 0 Å². The van der Waals surface area contributed by atoms with Gasteiger partial charge in [-0.05, 0) is 27.4 Å². The van der Waals surface area contributed by atoms with Gasteiger partial charge in [-0.3, -0.25) is 4.79 Å². The highest BCUT2D eigenvalue weighted by atomic mass is 28.4. The number of aliphatic hydroxyl groups excluding tert-OH is 1. The van der Waals surface area contributed by atoms with Gasteiger partial charge in [0.15, 0.2) is 0 Å². The van der Waals surface area contributed by atoms with E-state index >= 15 is 0 Å². The third-order valence-corrected chi connectivity index (χ3v) is 12.0. The molecule has 3 nitrogen and oxygen atoms in total. The molecule has 0 aliphatic carbocycles. The van der Waals surface area contributed by atoms with E-state index in [0.717, 1.165) is 15.9 Å². The molecule has 0 aromatic heterocycles. The number of ketones is 1. The molecule has 3 aromatic rings. The molecule has 35 heavy (non-hydrogen) atoms. The first-order valence-electron chi connectivity index (χ1n) is 12.6. The van der Waals surface area contributed by atoms with E-state index in [4.69, 9.17) is 4.43 Å². The molecule has 3 rings (SSSR count). The second kappa shape index (κ2) is 11.5. The van der Waals surface area contributed by atoms with Crippen molar-refractivity contribution in [3.63, 3.8) is 0 Å². The van der Waals surface area contributed by atoms with E-state index in [0.29, 0.717) is 6.42 Å². The number of rotatable bonds is 10. The summed E-state index contributed by atoms with van der Waals surface area (Å²) in [5, 5.41) is 13.7. The predicted octanol–water partition coefficient (Wildman–Crippen LogP) is 5.40. The van der Waals surface area contributed by atoms with E-state index < -0.39 is 26.4 Å². The van der Waals surface area contributed by atoms with Gasteiger partial charge in [0.2, 0.25) is 0 Å². The first kappa shape index (κ1) is 27.1. The average molecular weight is 489 g/mol. The Morgan fingerprint density at radius 3 is 1.63 bits per heavy atom. The molecule has 3 atom stereocenters. The fraction of sp³-hybridized carbons (Fsp3) is 0.387. The van der Waals surface area contributed by atoms with Crippen molar-refractivity contribution in [1.29, 1.82) is 0 Å². The summed E-state index contributed by atoms with van der Waals surface area (Å²) in [6.07, 6.45) is -0.935. The zero-order valence-corrected chi connectivity index (χ0v) is 22.9. The van der Waals surface area contributed by atoms with Crippen LogP contribution in [0.1, 0.15) is 47.1 Å². The summed E-state index contributed by atoms with van der Waals surface area (Å²) in [4.78, 5) is 12.9. The lowest BCUT2D eigenvalue weighted by molar-refractivity contribution is -0.131. The largest absolute Gasteiger partial charge is 0.401 e. The standard InChI is InChI=1S/C31H40O3Si/c1-23(2)29(32)24(3)30(33)28(22-25-16-10-7-11-17-25)34-35(31(4,5)6,26-18-12-8-13-19-26)27-20-14-9-15-21-27/h7-21,23-24,28,30,33H,22H2,1-6H3/t24-,28-,30?/m0/s1. The number of hydrogen-bond donors (Lipinski definition) is 1. The average Bonchev–Trinajstić information content (AvgIpc) is 2.86. The minimum absolute atomic E-state index is 0.0570. The first-order chi connectivity index (χ1) is 16.6. The Labute approximate surface area is 212 Å². The zero-order chi connectivity index (χ0) is 25.6. The smallest absolute Gasteiger partial charge is 0.261 e. The maximum Gasteiger partial charge on any atom is 0.261 e. The Balaban J connectivity index is 2.18. The van der Waals surface area contributed by atoms with Crippen LogP contribution in [0, 0.1) is 11.8 Å². The van der Waals surface area contributed by atoms with Crippen molar-refractivity contribution in [3.05, 3.63) is 96.6 Å². The van der Waals surface area contributed by atoms with E-state index in [-0.39, 0.29) is 16.7 Å². The molecule has 3 aromatic carbocycles. The van der Waals surface area contributed by atoms with Crippen LogP contribution >= 0.6 is 0 Å². The molecule has 0 aliphatic heterocycles. The highest BCUT2D eigenvalue weighted by molar-refractivity contribution is 6.99. The summed E-state index contributed by atoms with van der Waals surface area (Å²) in [7, 11) is -2.91. The van der Waals surface area contributed by atoms with Crippen LogP contribution in [0.5, 0.6) is 0 Å². The molecule has 4 heteroatoms. The van der Waals surface area contributed by atoms with Gasteiger partial charge < -0.3 is 9.53 Å². The maximum absolute atomic E-state index is 12.9. The fourth-order valence-corrected chi connectivity index (χ4v) is 9.70. The van der Waals surface area contributed by atoms with Gasteiger partial charge in [-0.1, -0.05) is 133 Å². The minimum Gasteiger partial charge on any atom is -0.401 e. The summed E-state index contributed by atoms with van der Waals surface area (Å²) < 4.78 is 7.33. The highest BCUT2D eigenvalue weighted by Gasteiger charge is 2.52. The van der Waals surface area contributed by atoms with E-state index in [2.05, 4.69) is 81.4 Å². The third-order valence-electron chi connectivity index (χ3n) is 6.94. The first-order valence-corrected chi connectivity index (χ1v) is 14.5. The maximum atomic E-state index is 12.9. The molecule has 0 aliphatic rings. The van der Waals surface area contributed by atoms with Crippen molar-refractivity contribution in [2.45, 2.75) is 65.2 Å². The molecule has 0 saturated heterocycles. The molecule has 0 amide bonds. The third kappa shape index (κ3) is 6.00. The molecule has 186 valence electrons. The molecule has 0 fully saturated rings. The van der Waals surface area contributed by atoms with Gasteiger partial charge in [-0.15, -0.1) is 0 Å². The van der Waals surface area contributed by atoms with Gasteiger partial charge in [-0.2, -0.15) is 0 Å². The highest BCUT2D eigenvalue weighted by Crippen LogP contribution is 2.38. The second-order valence-corrected chi connectivity index (χ2v) is 15.1. The van der Waals surface area contributed by atoms with Gasteiger partial charge >= 0.3 is 0 Å². The van der Waals surface area contributed by atoms with E-state index in [1.165, 1.54) is 0 Å². The SMILES string of the molecule is CC(C)C(=O)[C@H](C)C(O)[C@H](Cc1ccccc1)O[Si](c1ccccc1)(c1ccccc1)C(C)(C)C. The van der Waals surface area contributed by atoms with Crippen LogP contribution in [-0.4, -0.2) is 31.4 Å². The lowest BCUT2D eigenvalue weighted by Gasteiger charge is -2.46. The van der Waals surface area contributed by atoms with Gasteiger partial charge in [0, 0.05) is 11.8 Å². The number of aliphatic hydroxyl groups is 1. The molecule has 0 saturated carbocycles. The minimum atomic E-state index is -2.91. The molecule has 0 heterocycles. The van der Waals surface area contributed by atoms with Crippen LogP contribution in [-0.2, 0) is 15.6 Å². The molecule has 0 radical (unpaired) electrons. The Hall–Kier alpha value is -2.53. The normalized spacial score (nSPS) is 15.0. The van der Waals surface area contributed by atoms with Crippen molar-refractivity contribution < 1.29 is 14.3 Å². The number of carbonyl (C=O) groups excluding carboxylic acids is 1. The topological polar surface area (TPSA) is 46.5 Å². The fourth-order valence-electron chi connectivity index (χ4n) is 5.01. The number of carbonyl (C=O) groups is 1. The van der Waals surface area contributed by atoms with E-state index in [1.807, 2.05) is 51.1 Å².